The second kappa shape index (κ2) is 5.52. The summed E-state index contributed by atoms with van der Waals surface area (Å²) in [6.07, 6.45) is 0.473. The van der Waals surface area contributed by atoms with Gasteiger partial charge in [-0.2, -0.15) is 0 Å². The summed E-state index contributed by atoms with van der Waals surface area (Å²) in [6.45, 7) is 0. The van der Waals surface area contributed by atoms with E-state index in [-0.39, 0.29) is 5.82 Å². The van der Waals surface area contributed by atoms with Gasteiger partial charge in [0.05, 0.1) is 5.92 Å². The molecule has 0 aromatic heterocycles. The summed E-state index contributed by atoms with van der Waals surface area (Å²) in [5, 5.41) is 0. The molecule has 98 valence electrons. The molecule has 2 aromatic rings. The molecular formula is C15H15FN2O. The lowest BCUT2D eigenvalue weighted by molar-refractivity contribution is -0.119. The van der Waals surface area contributed by atoms with Crippen molar-refractivity contribution >= 4 is 11.6 Å². The molecular weight excluding hydrogens is 243 g/mol. The number of carbonyl (C=O) groups is 1. The number of hydrogen-bond donors (Lipinski definition) is 2. The molecule has 0 bridgehead atoms. The number of carbonyl (C=O) groups excluding carboxylic acids is 1. The minimum atomic E-state index is -0.468. The first-order chi connectivity index (χ1) is 9.06. The van der Waals surface area contributed by atoms with Crippen molar-refractivity contribution in [3.05, 3.63) is 65.5 Å². The summed E-state index contributed by atoms with van der Waals surface area (Å²) in [5.74, 6) is -1.23. The molecule has 2 aromatic carbocycles. The SMILES string of the molecule is NC(=O)C(Cc1ccc(N)cc1)c1ccc(F)cc1. The Hall–Kier alpha value is -2.36. The van der Waals surface area contributed by atoms with Crippen molar-refractivity contribution in [1.29, 1.82) is 0 Å². The summed E-state index contributed by atoms with van der Waals surface area (Å²) < 4.78 is 12.9. The van der Waals surface area contributed by atoms with Gasteiger partial charge in [-0.1, -0.05) is 24.3 Å². The Morgan fingerprint density at radius 3 is 2.16 bits per heavy atom. The van der Waals surface area contributed by atoms with Gasteiger partial charge < -0.3 is 11.5 Å². The van der Waals surface area contributed by atoms with Crippen molar-refractivity contribution in [2.45, 2.75) is 12.3 Å². The Labute approximate surface area is 111 Å². The Kier molecular flexibility index (Phi) is 3.80. The van der Waals surface area contributed by atoms with E-state index in [4.69, 9.17) is 11.5 Å². The maximum atomic E-state index is 12.9. The Morgan fingerprint density at radius 2 is 1.63 bits per heavy atom. The maximum Gasteiger partial charge on any atom is 0.225 e. The molecule has 0 saturated heterocycles. The number of benzene rings is 2. The third-order valence-corrected chi connectivity index (χ3v) is 3.04. The zero-order valence-electron chi connectivity index (χ0n) is 10.3. The van der Waals surface area contributed by atoms with Gasteiger partial charge in [0.25, 0.3) is 0 Å². The van der Waals surface area contributed by atoms with E-state index in [0.717, 1.165) is 5.56 Å². The van der Waals surface area contributed by atoms with E-state index in [1.807, 2.05) is 12.1 Å². The molecule has 0 radical (unpaired) electrons. The molecule has 19 heavy (non-hydrogen) atoms. The molecule has 3 nitrogen and oxygen atoms in total. The van der Waals surface area contributed by atoms with Gasteiger partial charge in [0, 0.05) is 5.69 Å². The third-order valence-electron chi connectivity index (χ3n) is 3.04. The van der Waals surface area contributed by atoms with Crippen LogP contribution in [0.15, 0.2) is 48.5 Å². The van der Waals surface area contributed by atoms with Crippen LogP contribution >= 0.6 is 0 Å². The van der Waals surface area contributed by atoms with Gasteiger partial charge in [-0.15, -0.1) is 0 Å². The first kappa shape index (κ1) is 13.1. The van der Waals surface area contributed by atoms with Gasteiger partial charge in [-0.05, 0) is 41.8 Å². The molecule has 0 heterocycles. The molecule has 0 saturated carbocycles. The van der Waals surface area contributed by atoms with Crippen molar-refractivity contribution in [2.75, 3.05) is 5.73 Å². The molecule has 0 aliphatic carbocycles. The molecule has 1 atom stereocenters. The van der Waals surface area contributed by atoms with Gasteiger partial charge in [0.1, 0.15) is 5.82 Å². The highest BCUT2D eigenvalue weighted by Crippen LogP contribution is 2.21. The Bertz CT molecular complexity index is 564. The van der Waals surface area contributed by atoms with E-state index in [1.54, 1.807) is 24.3 Å². The van der Waals surface area contributed by atoms with Crippen LogP contribution in [0.1, 0.15) is 17.0 Å². The van der Waals surface area contributed by atoms with E-state index < -0.39 is 11.8 Å². The minimum Gasteiger partial charge on any atom is -0.399 e. The fraction of sp³-hybridized carbons (Fsp3) is 0.133. The largest absolute Gasteiger partial charge is 0.399 e. The summed E-state index contributed by atoms with van der Waals surface area (Å²) >= 11 is 0. The molecule has 4 N–H and O–H groups in total. The lowest BCUT2D eigenvalue weighted by Gasteiger charge is -2.14. The monoisotopic (exact) mass is 258 g/mol. The van der Waals surface area contributed by atoms with Crippen molar-refractivity contribution in [1.82, 2.24) is 0 Å². The predicted octanol–water partition coefficient (Wildman–Crippen LogP) is 2.22. The number of nitrogens with two attached hydrogens (primary N) is 2. The number of hydrogen-bond acceptors (Lipinski definition) is 2. The molecule has 1 amide bonds. The highest BCUT2D eigenvalue weighted by molar-refractivity contribution is 5.82. The van der Waals surface area contributed by atoms with Crippen LogP contribution in [0, 0.1) is 5.82 Å². The second-order valence-corrected chi connectivity index (χ2v) is 4.45. The third kappa shape index (κ3) is 3.31. The number of anilines is 1. The summed E-state index contributed by atoms with van der Waals surface area (Å²) in [6, 6.07) is 13.1. The topological polar surface area (TPSA) is 69.1 Å². The van der Waals surface area contributed by atoms with Crippen LogP contribution in [-0.4, -0.2) is 5.91 Å². The van der Waals surface area contributed by atoms with Gasteiger partial charge >= 0.3 is 0 Å². The fourth-order valence-electron chi connectivity index (χ4n) is 1.97. The lowest BCUT2D eigenvalue weighted by atomic mass is 9.91. The fourth-order valence-corrected chi connectivity index (χ4v) is 1.97. The van der Waals surface area contributed by atoms with Crippen molar-refractivity contribution in [3.8, 4) is 0 Å². The number of primary amides is 1. The number of rotatable bonds is 4. The van der Waals surface area contributed by atoms with E-state index in [0.29, 0.717) is 17.7 Å². The van der Waals surface area contributed by atoms with Crippen molar-refractivity contribution in [2.24, 2.45) is 5.73 Å². The van der Waals surface area contributed by atoms with Crippen molar-refractivity contribution in [3.63, 3.8) is 0 Å². The minimum absolute atomic E-state index is 0.334. The molecule has 4 heteroatoms. The lowest BCUT2D eigenvalue weighted by Crippen LogP contribution is -2.23. The van der Waals surface area contributed by atoms with E-state index in [9.17, 15) is 9.18 Å². The maximum absolute atomic E-state index is 12.9. The predicted molar refractivity (Wildman–Crippen MR) is 72.9 cm³/mol. The van der Waals surface area contributed by atoms with Gasteiger partial charge in [-0.25, -0.2) is 4.39 Å². The zero-order chi connectivity index (χ0) is 13.8. The number of nitrogen functional groups attached to an aromatic ring is 1. The Morgan fingerprint density at radius 1 is 1.05 bits per heavy atom. The highest BCUT2D eigenvalue weighted by atomic mass is 19.1. The summed E-state index contributed by atoms with van der Waals surface area (Å²) in [7, 11) is 0. The highest BCUT2D eigenvalue weighted by Gasteiger charge is 2.18. The van der Waals surface area contributed by atoms with Crippen molar-refractivity contribution < 1.29 is 9.18 Å². The normalized spacial score (nSPS) is 12.1. The quantitative estimate of drug-likeness (QED) is 0.825. The average molecular weight is 258 g/mol. The average Bonchev–Trinajstić information content (AvgIpc) is 2.39. The van der Waals surface area contributed by atoms with E-state index >= 15 is 0 Å². The number of halogens is 1. The first-order valence-electron chi connectivity index (χ1n) is 5.95. The smallest absolute Gasteiger partial charge is 0.225 e. The Balaban J connectivity index is 2.23. The van der Waals surface area contributed by atoms with Crippen LogP contribution in [0.4, 0.5) is 10.1 Å². The van der Waals surface area contributed by atoms with Crippen LogP contribution in [0.5, 0.6) is 0 Å². The van der Waals surface area contributed by atoms with Gasteiger partial charge in [0.15, 0.2) is 0 Å². The summed E-state index contributed by atoms with van der Waals surface area (Å²) in [5.41, 5.74) is 13.4. The van der Waals surface area contributed by atoms with E-state index in [2.05, 4.69) is 0 Å². The van der Waals surface area contributed by atoms with Crippen LogP contribution in [0.25, 0.3) is 0 Å². The van der Waals surface area contributed by atoms with Crippen LogP contribution in [0.3, 0.4) is 0 Å². The van der Waals surface area contributed by atoms with Crippen LogP contribution in [0.2, 0.25) is 0 Å². The molecule has 0 spiro atoms. The molecule has 2 rings (SSSR count). The summed E-state index contributed by atoms with van der Waals surface area (Å²) in [4.78, 5) is 11.6. The molecule has 0 fully saturated rings. The van der Waals surface area contributed by atoms with E-state index in [1.165, 1.54) is 12.1 Å². The van der Waals surface area contributed by atoms with Crippen LogP contribution < -0.4 is 11.5 Å². The zero-order valence-corrected chi connectivity index (χ0v) is 10.3. The molecule has 1 unspecified atom stereocenters. The van der Waals surface area contributed by atoms with Gasteiger partial charge in [-0.3, -0.25) is 4.79 Å². The van der Waals surface area contributed by atoms with Gasteiger partial charge in [0.2, 0.25) is 5.91 Å². The number of amides is 1. The first-order valence-corrected chi connectivity index (χ1v) is 5.95. The second-order valence-electron chi connectivity index (χ2n) is 4.45. The molecule has 0 aliphatic rings. The van der Waals surface area contributed by atoms with Crippen LogP contribution in [-0.2, 0) is 11.2 Å². The molecule has 0 aliphatic heterocycles. The standard InChI is InChI=1S/C15H15FN2O/c16-12-5-3-11(4-6-12)14(15(18)19)9-10-1-7-13(17)8-2-10/h1-8,14H,9,17H2,(H2,18,19).